The molecule has 116 valence electrons. The lowest BCUT2D eigenvalue weighted by atomic mass is 10.0. The number of nitrogens with one attached hydrogen (secondary N) is 3. The Morgan fingerprint density at radius 2 is 2.24 bits per heavy atom. The number of aliphatic hydroxyl groups excluding tert-OH is 1. The third-order valence-corrected chi connectivity index (χ3v) is 4.41. The summed E-state index contributed by atoms with van der Waals surface area (Å²) in [5.74, 6) is 1.41. The molecule has 1 aromatic rings. The van der Waals surface area contributed by atoms with Gasteiger partial charge in [-0.2, -0.15) is 0 Å². The molecule has 0 spiro atoms. The van der Waals surface area contributed by atoms with Gasteiger partial charge < -0.3 is 21.5 Å². The summed E-state index contributed by atoms with van der Waals surface area (Å²) < 4.78 is 0. The number of carbonyl (C=O) groups is 1. The van der Waals surface area contributed by atoms with Crippen molar-refractivity contribution in [1.82, 2.24) is 10.6 Å². The lowest BCUT2D eigenvalue weighted by Gasteiger charge is -2.23. The van der Waals surface area contributed by atoms with Gasteiger partial charge in [0.25, 0.3) is 0 Å². The standard InChI is InChI=1S/C14H22N4O2S/c1-16-10-4-2-9(3-5-10)6-11(13(15)19)18-14(20)12-7-21-8-17-12/h2-5,11-13,16-17,19H,6-8,15H2,1H3,(H,18,20). The molecule has 0 aromatic heterocycles. The monoisotopic (exact) mass is 310 g/mol. The lowest BCUT2D eigenvalue weighted by Crippen LogP contribution is -2.53. The molecular weight excluding hydrogens is 288 g/mol. The van der Waals surface area contributed by atoms with E-state index in [0.717, 1.165) is 22.9 Å². The number of anilines is 1. The van der Waals surface area contributed by atoms with Gasteiger partial charge in [0.15, 0.2) is 0 Å². The molecule has 1 saturated heterocycles. The molecule has 1 aliphatic rings. The number of hydrogen-bond acceptors (Lipinski definition) is 6. The van der Waals surface area contributed by atoms with Crippen LogP contribution in [0.4, 0.5) is 5.69 Å². The van der Waals surface area contributed by atoms with Crippen LogP contribution in [0, 0.1) is 0 Å². The zero-order valence-electron chi connectivity index (χ0n) is 12.0. The van der Waals surface area contributed by atoms with Crippen LogP contribution >= 0.6 is 11.8 Å². The fraction of sp³-hybridized carbons (Fsp3) is 0.500. The third kappa shape index (κ3) is 4.60. The maximum absolute atomic E-state index is 12.1. The fourth-order valence-corrected chi connectivity index (χ4v) is 3.11. The minimum absolute atomic E-state index is 0.110. The summed E-state index contributed by atoms with van der Waals surface area (Å²) in [6, 6.07) is 7.11. The van der Waals surface area contributed by atoms with Crippen molar-refractivity contribution >= 4 is 23.4 Å². The van der Waals surface area contributed by atoms with Gasteiger partial charge in [-0.15, -0.1) is 11.8 Å². The first-order valence-corrected chi connectivity index (χ1v) is 8.07. The molecular formula is C14H22N4O2S. The molecule has 0 radical (unpaired) electrons. The van der Waals surface area contributed by atoms with E-state index in [1.54, 1.807) is 11.8 Å². The Morgan fingerprint density at radius 1 is 1.52 bits per heavy atom. The molecule has 1 heterocycles. The second kappa shape index (κ2) is 7.65. The van der Waals surface area contributed by atoms with E-state index in [9.17, 15) is 9.90 Å². The second-order valence-corrected chi connectivity index (χ2v) is 6.06. The molecule has 6 N–H and O–H groups in total. The normalized spacial score (nSPS) is 20.8. The van der Waals surface area contributed by atoms with Crippen LogP contribution in [0.3, 0.4) is 0 Å². The summed E-state index contributed by atoms with van der Waals surface area (Å²) in [4.78, 5) is 12.1. The van der Waals surface area contributed by atoms with Crippen molar-refractivity contribution in [3.63, 3.8) is 0 Å². The van der Waals surface area contributed by atoms with E-state index in [1.165, 1.54) is 0 Å². The highest BCUT2D eigenvalue weighted by Crippen LogP contribution is 2.13. The van der Waals surface area contributed by atoms with Crippen LogP contribution in [0.5, 0.6) is 0 Å². The maximum atomic E-state index is 12.1. The Kier molecular flexibility index (Phi) is 5.86. The zero-order valence-corrected chi connectivity index (χ0v) is 12.8. The molecule has 1 amide bonds. The number of aliphatic hydroxyl groups is 1. The number of amides is 1. The van der Waals surface area contributed by atoms with Crippen molar-refractivity contribution < 1.29 is 9.90 Å². The van der Waals surface area contributed by atoms with Gasteiger partial charge >= 0.3 is 0 Å². The summed E-state index contributed by atoms with van der Waals surface area (Å²) in [5.41, 5.74) is 7.62. The number of thioether (sulfide) groups is 1. The van der Waals surface area contributed by atoms with E-state index in [4.69, 9.17) is 5.73 Å². The first-order chi connectivity index (χ1) is 10.1. The predicted octanol–water partition coefficient (Wildman–Crippen LogP) is -0.305. The molecule has 0 aliphatic carbocycles. The van der Waals surface area contributed by atoms with Gasteiger partial charge in [-0.05, 0) is 24.1 Å². The Hall–Kier alpha value is -1.28. The van der Waals surface area contributed by atoms with Crippen LogP contribution in [0.25, 0.3) is 0 Å². The number of hydrogen-bond donors (Lipinski definition) is 5. The summed E-state index contributed by atoms with van der Waals surface area (Å²) in [6.07, 6.45) is -0.597. The molecule has 21 heavy (non-hydrogen) atoms. The molecule has 2 rings (SSSR count). The van der Waals surface area contributed by atoms with E-state index in [-0.39, 0.29) is 11.9 Å². The van der Waals surface area contributed by atoms with Crippen molar-refractivity contribution in [3.8, 4) is 0 Å². The fourth-order valence-electron chi connectivity index (χ4n) is 2.17. The topological polar surface area (TPSA) is 99.4 Å². The van der Waals surface area contributed by atoms with Gasteiger partial charge in [-0.25, -0.2) is 0 Å². The highest BCUT2D eigenvalue weighted by atomic mass is 32.2. The first-order valence-electron chi connectivity index (χ1n) is 6.92. The summed E-state index contributed by atoms with van der Waals surface area (Å²) in [7, 11) is 1.86. The Labute approximate surface area is 128 Å². The number of nitrogens with two attached hydrogens (primary N) is 1. The molecule has 1 fully saturated rings. The van der Waals surface area contributed by atoms with Crippen molar-refractivity contribution in [2.24, 2.45) is 5.73 Å². The molecule has 1 aromatic carbocycles. The first kappa shape index (κ1) is 16.1. The largest absolute Gasteiger partial charge is 0.388 e. The van der Waals surface area contributed by atoms with Gasteiger partial charge in [0.2, 0.25) is 5.91 Å². The molecule has 3 atom stereocenters. The van der Waals surface area contributed by atoms with Crippen molar-refractivity contribution in [3.05, 3.63) is 29.8 Å². The minimum Gasteiger partial charge on any atom is -0.388 e. The van der Waals surface area contributed by atoms with E-state index < -0.39 is 12.3 Å². The summed E-state index contributed by atoms with van der Waals surface area (Å²) in [5, 5.41) is 18.7. The molecule has 0 bridgehead atoms. The second-order valence-electron chi connectivity index (χ2n) is 5.03. The summed E-state index contributed by atoms with van der Waals surface area (Å²) >= 11 is 1.68. The molecule has 1 aliphatic heterocycles. The van der Waals surface area contributed by atoms with Crippen LogP contribution in [0.2, 0.25) is 0 Å². The van der Waals surface area contributed by atoms with Crippen molar-refractivity contribution in [2.45, 2.75) is 24.7 Å². The van der Waals surface area contributed by atoms with Crippen LogP contribution in [0.15, 0.2) is 24.3 Å². The smallest absolute Gasteiger partial charge is 0.238 e. The average molecular weight is 310 g/mol. The molecule has 6 nitrogen and oxygen atoms in total. The van der Waals surface area contributed by atoms with E-state index in [2.05, 4.69) is 16.0 Å². The van der Waals surface area contributed by atoms with Crippen LogP contribution < -0.4 is 21.7 Å². The zero-order chi connectivity index (χ0) is 15.2. The van der Waals surface area contributed by atoms with Crippen molar-refractivity contribution in [1.29, 1.82) is 0 Å². The van der Waals surface area contributed by atoms with E-state index in [0.29, 0.717) is 6.42 Å². The minimum atomic E-state index is -1.09. The van der Waals surface area contributed by atoms with Gasteiger partial charge in [0, 0.05) is 24.4 Å². The lowest BCUT2D eigenvalue weighted by molar-refractivity contribution is -0.124. The van der Waals surface area contributed by atoms with Crippen LogP contribution in [0.1, 0.15) is 5.56 Å². The Balaban J connectivity index is 1.95. The maximum Gasteiger partial charge on any atom is 0.238 e. The van der Waals surface area contributed by atoms with Gasteiger partial charge in [0.1, 0.15) is 6.23 Å². The number of rotatable bonds is 6. The summed E-state index contributed by atoms with van der Waals surface area (Å²) in [6.45, 7) is 0. The van der Waals surface area contributed by atoms with Gasteiger partial charge in [-0.1, -0.05) is 12.1 Å². The van der Waals surface area contributed by atoms with Crippen molar-refractivity contribution in [2.75, 3.05) is 24.0 Å². The molecule has 7 heteroatoms. The molecule has 0 saturated carbocycles. The van der Waals surface area contributed by atoms with Crippen LogP contribution in [-0.4, -0.2) is 48.0 Å². The number of carbonyl (C=O) groups excluding carboxylic acids is 1. The van der Waals surface area contributed by atoms with E-state index in [1.807, 2.05) is 31.3 Å². The van der Waals surface area contributed by atoms with Gasteiger partial charge in [-0.3, -0.25) is 10.1 Å². The Bertz CT molecular complexity index is 461. The quantitative estimate of drug-likeness (QED) is 0.463. The number of benzene rings is 1. The molecule has 3 unspecified atom stereocenters. The van der Waals surface area contributed by atoms with Gasteiger partial charge in [0.05, 0.1) is 12.1 Å². The average Bonchev–Trinajstić information content (AvgIpc) is 3.01. The predicted molar refractivity (Wildman–Crippen MR) is 86.1 cm³/mol. The van der Waals surface area contributed by atoms with E-state index >= 15 is 0 Å². The highest BCUT2D eigenvalue weighted by molar-refractivity contribution is 7.99. The third-order valence-electron chi connectivity index (χ3n) is 3.47. The Morgan fingerprint density at radius 3 is 2.76 bits per heavy atom. The highest BCUT2D eigenvalue weighted by Gasteiger charge is 2.26. The SMILES string of the molecule is CNc1ccc(CC(NC(=O)C2CSCN2)C(N)O)cc1. The van der Waals surface area contributed by atoms with Crippen LogP contribution in [-0.2, 0) is 11.2 Å².